The number of hydrazone groups is 1. The van der Waals surface area contributed by atoms with Gasteiger partial charge in [-0.2, -0.15) is 10.1 Å². The quantitative estimate of drug-likeness (QED) is 0.669. The van der Waals surface area contributed by atoms with Gasteiger partial charge < -0.3 is 0 Å². The van der Waals surface area contributed by atoms with Crippen molar-refractivity contribution in [2.24, 2.45) is 5.10 Å². The van der Waals surface area contributed by atoms with Crippen LogP contribution in [-0.4, -0.2) is 21.4 Å². The molecular weight excluding hydrogens is 376 g/mol. The van der Waals surface area contributed by atoms with Crippen LogP contribution in [0.4, 0.5) is 5.69 Å². The minimum Gasteiger partial charge on any atom is -0.295 e. The van der Waals surface area contributed by atoms with Crippen LogP contribution in [0, 0.1) is 27.7 Å². The molecule has 2 heterocycles. The van der Waals surface area contributed by atoms with Crippen molar-refractivity contribution in [2.45, 2.75) is 34.6 Å². The number of aromatic amines is 1. The molecule has 3 aromatic rings. The van der Waals surface area contributed by atoms with E-state index in [4.69, 9.17) is 0 Å². The molecule has 1 aromatic heterocycles. The van der Waals surface area contributed by atoms with Gasteiger partial charge in [-0.1, -0.05) is 29.8 Å². The molecule has 2 aromatic carbocycles. The summed E-state index contributed by atoms with van der Waals surface area (Å²) in [6.07, 6.45) is 1.64. The molecule has 0 bridgehead atoms. The Morgan fingerprint density at radius 2 is 1.67 bits per heavy atom. The highest BCUT2D eigenvalue weighted by molar-refractivity contribution is 6.32. The molecule has 6 heteroatoms. The Balaban J connectivity index is 1.76. The molecule has 0 spiro atoms. The predicted octanol–water partition coefficient (Wildman–Crippen LogP) is 4.21. The summed E-state index contributed by atoms with van der Waals surface area (Å²) < 4.78 is 1.53. The first-order valence-corrected chi connectivity index (χ1v) is 9.84. The van der Waals surface area contributed by atoms with Gasteiger partial charge >= 0.3 is 0 Å². The van der Waals surface area contributed by atoms with Crippen LogP contribution >= 0.6 is 0 Å². The van der Waals surface area contributed by atoms with Crippen LogP contribution in [0.1, 0.15) is 34.9 Å². The Bertz CT molecular complexity index is 1290. The SMILES string of the molecule is CC1=NN(c2cccc(C)c2)C(=O)/C1=C\c1c(C)[nH]n(-c2ccc(C)cc2C)c1=O. The Kier molecular flexibility index (Phi) is 4.78. The number of amides is 1. The summed E-state index contributed by atoms with van der Waals surface area (Å²) in [5, 5.41) is 8.95. The van der Waals surface area contributed by atoms with Crippen molar-refractivity contribution in [2.75, 3.05) is 5.01 Å². The number of hydrogen-bond acceptors (Lipinski definition) is 3. The third kappa shape index (κ3) is 3.30. The molecule has 0 unspecified atom stereocenters. The summed E-state index contributed by atoms with van der Waals surface area (Å²) in [7, 11) is 0. The van der Waals surface area contributed by atoms with E-state index in [0.29, 0.717) is 28.2 Å². The molecule has 1 N–H and O–H groups in total. The Hall–Kier alpha value is -3.67. The molecule has 152 valence electrons. The first-order chi connectivity index (χ1) is 14.3. The number of carbonyl (C=O) groups is 1. The van der Waals surface area contributed by atoms with E-state index in [1.165, 1.54) is 9.69 Å². The van der Waals surface area contributed by atoms with Crippen molar-refractivity contribution in [3.8, 4) is 5.69 Å². The van der Waals surface area contributed by atoms with Crippen LogP contribution in [0.5, 0.6) is 0 Å². The zero-order valence-corrected chi connectivity index (χ0v) is 17.8. The Labute approximate surface area is 175 Å². The lowest BCUT2D eigenvalue weighted by molar-refractivity contribution is -0.114. The lowest BCUT2D eigenvalue weighted by Crippen LogP contribution is -2.22. The largest absolute Gasteiger partial charge is 0.295 e. The molecule has 0 atom stereocenters. The van der Waals surface area contributed by atoms with Crippen molar-refractivity contribution in [3.63, 3.8) is 0 Å². The van der Waals surface area contributed by atoms with E-state index in [-0.39, 0.29) is 11.5 Å². The average molecular weight is 400 g/mol. The first-order valence-electron chi connectivity index (χ1n) is 9.84. The summed E-state index contributed by atoms with van der Waals surface area (Å²) >= 11 is 0. The number of nitrogens with one attached hydrogen (secondary N) is 1. The monoisotopic (exact) mass is 400 g/mol. The van der Waals surface area contributed by atoms with Gasteiger partial charge in [-0.15, -0.1) is 0 Å². The van der Waals surface area contributed by atoms with Crippen molar-refractivity contribution < 1.29 is 4.79 Å². The molecule has 1 aliphatic heterocycles. The molecule has 1 amide bonds. The number of aryl methyl sites for hydroxylation is 4. The minimum atomic E-state index is -0.240. The molecule has 0 aliphatic carbocycles. The molecule has 1 aliphatic rings. The van der Waals surface area contributed by atoms with Crippen molar-refractivity contribution in [1.82, 2.24) is 9.78 Å². The standard InChI is InChI=1S/C24H24N4O2/c1-14-7-6-8-19(12-14)27-23(29)20(17(4)25-27)13-21-18(5)26-28(24(21)30)22-10-9-15(2)11-16(22)3/h6-13,26H,1-5H3/b20-13-. The lowest BCUT2D eigenvalue weighted by Gasteiger charge is -2.12. The maximum Gasteiger partial charge on any atom is 0.280 e. The van der Waals surface area contributed by atoms with E-state index < -0.39 is 0 Å². The molecule has 0 radical (unpaired) electrons. The van der Waals surface area contributed by atoms with Crippen LogP contribution in [-0.2, 0) is 4.79 Å². The molecular formula is C24H24N4O2. The maximum absolute atomic E-state index is 13.1. The van der Waals surface area contributed by atoms with E-state index in [9.17, 15) is 9.59 Å². The van der Waals surface area contributed by atoms with E-state index >= 15 is 0 Å². The van der Waals surface area contributed by atoms with Crippen molar-refractivity contribution in [1.29, 1.82) is 0 Å². The molecule has 30 heavy (non-hydrogen) atoms. The predicted molar refractivity (Wildman–Crippen MR) is 120 cm³/mol. The molecule has 0 fully saturated rings. The van der Waals surface area contributed by atoms with E-state index in [0.717, 1.165) is 22.4 Å². The molecule has 4 rings (SSSR count). The smallest absolute Gasteiger partial charge is 0.280 e. The fraction of sp³-hybridized carbons (Fsp3) is 0.208. The Morgan fingerprint density at radius 3 is 2.37 bits per heavy atom. The highest BCUT2D eigenvalue weighted by Crippen LogP contribution is 2.26. The van der Waals surface area contributed by atoms with Crippen LogP contribution < -0.4 is 10.6 Å². The third-order valence-corrected chi connectivity index (χ3v) is 5.31. The number of nitrogens with zero attached hydrogens (tertiary/aromatic N) is 3. The van der Waals surface area contributed by atoms with Crippen LogP contribution in [0.25, 0.3) is 11.8 Å². The molecule has 0 saturated carbocycles. The zero-order valence-electron chi connectivity index (χ0n) is 17.8. The topological polar surface area (TPSA) is 70.5 Å². The normalized spacial score (nSPS) is 15.2. The van der Waals surface area contributed by atoms with Gasteiger partial charge in [-0.3, -0.25) is 14.7 Å². The van der Waals surface area contributed by atoms with Gasteiger partial charge in [0.2, 0.25) is 0 Å². The molecule has 6 nitrogen and oxygen atoms in total. The number of hydrogen-bond donors (Lipinski definition) is 1. The highest BCUT2D eigenvalue weighted by Gasteiger charge is 2.29. The maximum atomic E-state index is 13.1. The fourth-order valence-corrected chi connectivity index (χ4v) is 3.72. The third-order valence-electron chi connectivity index (χ3n) is 5.31. The zero-order chi connectivity index (χ0) is 21.6. The minimum absolute atomic E-state index is 0.193. The van der Waals surface area contributed by atoms with E-state index in [1.54, 1.807) is 13.0 Å². The average Bonchev–Trinajstić information content (AvgIpc) is 3.13. The summed E-state index contributed by atoms with van der Waals surface area (Å²) in [6.45, 7) is 9.57. The summed E-state index contributed by atoms with van der Waals surface area (Å²) in [6, 6.07) is 13.5. The highest BCUT2D eigenvalue weighted by atomic mass is 16.2. The number of anilines is 1. The Morgan fingerprint density at radius 1 is 0.933 bits per heavy atom. The van der Waals surface area contributed by atoms with Gasteiger partial charge in [0.05, 0.1) is 28.2 Å². The van der Waals surface area contributed by atoms with Crippen LogP contribution in [0.15, 0.2) is 57.9 Å². The summed E-state index contributed by atoms with van der Waals surface area (Å²) in [5.74, 6) is -0.240. The van der Waals surface area contributed by atoms with Gasteiger partial charge in [0.1, 0.15) is 0 Å². The number of rotatable bonds is 3. The van der Waals surface area contributed by atoms with Gasteiger partial charge in [0, 0.05) is 5.69 Å². The van der Waals surface area contributed by atoms with Crippen molar-refractivity contribution >= 4 is 23.4 Å². The number of carbonyl (C=O) groups excluding carboxylic acids is 1. The van der Waals surface area contributed by atoms with Crippen LogP contribution in [0.3, 0.4) is 0 Å². The van der Waals surface area contributed by atoms with E-state index in [2.05, 4.69) is 10.2 Å². The second-order valence-electron chi connectivity index (χ2n) is 7.78. The second-order valence-corrected chi connectivity index (χ2v) is 7.78. The lowest BCUT2D eigenvalue weighted by atomic mass is 10.1. The first kappa shape index (κ1) is 19.6. The summed E-state index contributed by atoms with van der Waals surface area (Å²) in [5.41, 5.74) is 6.64. The summed E-state index contributed by atoms with van der Waals surface area (Å²) in [4.78, 5) is 26.2. The van der Waals surface area contributed by atoms with E-state index in [1.807, 2.05) is 70.2 Å². The number of aromatic nitrogens is 2. The second kappa shape index (κ2) is 7.30. The van der Waals surface area contributed by atoms with Crippen LogP contribution in [0.2, 0.25) is 0 Å². The van der Waals surface area contributed by atoms with Gasteiger partial charge in [0.25, 0.3) is 11.5 Å². The number of benzene rings is 2. The molecule has 0 saturated heterocycles. The van der Waals surface area contributed by atoms with Crippen molar-refractivity contribution in [3.05, 3.63) is 86.3 Å². The van der Waals surface area contributed by atoms with Gasteiger partial charge in [-0.05, 0) is 70.0 Å². The van der Waals surface area contributed by atoms with Gasteiger partial charge in [-0.25, -0.2) is 4.68 Å². The number of H-pyrrole nitrogens is 1. The fourth-order valence-electron chi connectivity index (χ4n) is 3.72. The van der Waals surface area contributed by atoms with Gasteiger partial charge in [0.15, 0.2) is 0 Å².